The number of aryl methyl sites for hydroxylation is 1. The van der Waals surface area contributed by atoms with E-state index in [1.807, 2.05) is 0 Å². The smallest absolute Gasteiger partial charge is 0.446 e. The number of rotatable bonds is 11. The highest BCUT2D eigenvalue weighted by atomic mass is 32.3. The van der Waals surface area contributed by atoms with E-state index < -0.39 is 87.7 Å². The molecular formula is C34H30O17S. The van der Waals surface area contributed by atoms with Gasteiger partial charge in [0, 0.05) is 24.3 Å². The molecule has 1 aromatic heterocycles. The van der Waals surface area contributed by atoms with Crippen molar-refractivity contribution in [1.82, 2.24) is 0 Å². The number of fused-ring (bicyclic) bond motifs is 1. The van der Waals surface area contributed by atoms with Gasteiger partial charge in [-0.2, -0.15) is 8.42 Å². The summed E-state index contributed by atoms with van der Waals surface area (Å²) in [6.45, 7) is 0.465. The van der Waals surface area contributed by atoms with Crippen molar-refractivity contribution in [2.24, 2.45) is 0 Å². The quantitative estimate of drug-likeness (QED) is 0.0730. The molecule has 4 aromatic rings. The lowest BCUT2D eigenvalue weighted by Crippen LogP contribution is -2.62. The highest BCUT2D eigenvalue weighted by Crippen LogP contribution is 2.44. The van der Waals surface area contributed by atoms with Crippen molar-refractivity contribution in [3.63, 3.8) is 0 Å². The van der Waals surface area contributed by atoms with Gasteiger partial charge in [-0.15, -0.1) is 0 Å². The predicted octanol–water partition coefficient (Wildman–Crippen LogP) is 2.11. The largest absolute Gasteiger partial charge is 0.508 e. The maximum atomic E-state index is 13.0. The van der Waals surface area contributed by atoms with Crippen LogP contribution in [-0.4, -0.2) is 87.8 Å². The van der Waals surface area contributed by atoms with Gasteiger partial charge < -0.3 is 53.1 Å². The maximum absolute atomic E-state index is 13.0. The van der Waals surface area contributed by atoms with Crippen LogP contribution in [-0.2, 0) is 34.2 Å². The van der Waals surface area contributed by atoms with E-state index in [9.17, 15) is 52.9 Å². The van der Waals surface area contributed by atoms with Crippen LogP contribution >= 0.6 is 0 Å². The summed E-state index contributed by atoms with van der Waals surface area (Å²) in [4.78, 5) is 38.5. The molecule has 1 saturated heterocycles. The first-order valence-corrected chi connectivity index (χ1v) is 16.4. The minimum absolute atomic E-state index is 0.0185. The summed E-state index contributed by atoms with van der Waals surface area (Å²) in [6, 6.07) is 13.3. The number of carbonyl (C=O) groups is 2. The summed E-state index contributed by atoms with van der Waals surface area (Å²) in [5.74, 6) is -5.16. The maximum Gasteiger partial charge on any atom is 0.446 e. The Kier molecular flexibility index (Phi) is 11.2. The van der Waals surface area contributed by atoms with Gasteiger partial charge >= 0.3 is 22.3 Å². The van der Waals surface area contributed by atoms with E-state index in [1.165, 1.54) is 67.6 Å². The number of hydrogen-bond donors (Lipinski definition) is 6. The van der Waals surface area contributed by atoms with Crippen LogP contribution in [0.4, 0.5) is 0 Å². The molecule has 3 aromatic carbocycles. The Morgan fingerprint density at radius 2 is 1.40 bits per heavy atom. The molecule has 0 spiro atoms. The van der Waals surface area contributed by atoms with Gasteiger partial charge in [-0.3, -0.25) is 9.35 Å². The molecule has 5 atom stereocenters. The number of ether oxygens (including phenoxy) is 4. The zero-order valence-corrected chi connectivity index (χ0v) is 27.6. The van der Waals surface area contributed by atoms with Crippen molar-refractivity contribution in [1.29, 1.82) is 0 Å². The van der Waals surface area contributed by atoms with Crippen molar-refractivity contribution >= 4 is 45.5 Å². The molecule has 17 nitrogen and oxygen atoms in total. The van der Waals surface area contributed by atoms with Crippen LogP contribution in [0.5, 0.6) is 28.7 Å². The van der Waals surface area contributed by atoms with Crippen LogP contribution in [0.3, 0.4) is 0 Å². The number of esters is 2. The Morgan fingerprint density at radius 1 is 0.865 bits per heavy atom. The van der Waals surface area contributed by atoms with Crippen LogP contribution in [0.2, 0.25) is 0 Å². The molecule has 0 aliphatic carbocycles. The van der Waals surface area contributed by atoms with E-state index in [-0.39, 0.29) is 22.8 Å². The van der Waals surface area contributed by atoms with Gasteiger partial charge in [0.05, 0.1) is 6.61 Å². The van der Waals surface area contributed by atoms with Gasteiger partial charge in [-0.05, 0) is 54.5 Å². The second-order valence-electron chi connectivity index (χ2n) is 11.1. The lowest BCUT2D eigenvalue weighted by atomic mass is 9.98. The van der Waals surface area contributed by atoms with Gasteiger partial charge in [0.2, 0.25) is 12.0 Å². The van der Waals surface area contributed by atoms with Crippen molar-refractivity contribution in [2.45, 2.75) is 37.6 Å². The molecule has 5 rings (SSSR count). The van der Waals surface area contributed by atoms with Crippen LogP contribution in [0.1, 0.15) is 16.9 Å². The molecular weight excluding hydrogens is 712 g/mol. The summed E-state index contributed by atoms with van der Waals surface area (Å²) in [7, 11) is -5.37. The molecule has 1 aliphatic rings. The van der Waals surface area contributed by atoms with Crippen LogP contribution < -0.4 is 14.3 Å². The Hall–Kier alpha value is -5.92. The van der Waals surface area contributed by atoms with E-state index in [2.05, 4.69) is 4.18 Å². The fourth-order valence-electron chi connectivity index (χ4n) is 5.04. The van der Waals surface area contributed by atoms with E-state index in [0.29, 0.717) is 11.1 Å². The van der Waals surface area contributed by atoms with Crippen molar-refractivity contribution in [3.8, 4) is 28.7 Å². The molecule has 6 N–H and O–H groups in total. The first-order valence-electron chi connectivity index (χ1n) is 15.1. The molecule has 5 unspecified atom stereocenters. The summed E-state index contributed by atoms with van der Waals surface area (Å²) in [5, 5.41) is 51.0. The van der Waals surface area contributed by atoms with E-state index in [4.69, 9.17) is 23.4 Å². The standard InChI is InChI=1S/C34H30O17S/c1-17-14-22(38)28-23(46-17)15-24(31(29(28)41)51-52(43,44)45)47-34-30(42)33(50-27(40)13-7-19-4-10-21(37)11-5-19)32(25(16-35)48-34)49-26(39)12-6-18-2-8-20(36)9-3-18/h2-15,25,30,32-37,41-42H,16H2,1H3,(H,43,44,45). The van der Waals surface area contributed by atoms with Gasteiger partial charge in [-0.1, -0.05) is 24.3 Å². The zero-order valence-electron chi connectivity index (χ0n) is 26.8. The van der Waals surface area contributed by atoms with Gasteiger partial charge in [0.25, 0.3) is 0 Å². The number of benzene rings is 3. The lowest BCUT2D eigenvalue weighted by Gasteiger charge is -2.42. The predicted molar refractivity (Wildman–Crippen MR) is 177 cm³/mol. The fourth-order valence-corrected chi connectivity index (χ4v) is 5.41. The number of aliphatic hydroxyl groups excluding tert-OH is 2. The molecule has 274 valence electrons. The number of phenols is 3. The highest BCUT2D eigenvalue weighted by molar-refractivity contribution is 7.81. The minimum Gasteiger partial charge on any atom is -0.508 e. The number of aliphatic hydroxyl groups is 2. The second-order valence-corrected chi connectivity index (χ2v) is 12.2. The second kappa shape index (κ2) is 15.5. The molecule has 0 radical (unpaired) electrons. The van der Waals surface area contributed by atoms with Gasteiger partial charge in [-0.25, -0.2) is 9.59 Å². The molecule has 0 amide bonds. The van der Waals surface area contributed by atoms with Gasteiger partial charge in [0.1, 0.15) is 34.3 Å². The van der Waals surface area contributed by atoms with Crippen molar-refractivity contribution < 1.29 is 75.6 Å². The Bertz CT molecular complexity index is 2170. The molecule has 1 aliphatic heterocycles. The topological polar surface area (TPSA) is 266 Å². The first kappa shape index (κ1) is 37.3. The molecule has 0 bridgehead atoms. The Morgan fingerprint density at radius 3 is 1.92 bits per heavy atom. The number of hydrogen-bond acceptors (Lipinski definition) is 16. The number of phenolic OH excluding ortho intramolecular Hbond substituents is 3. The van der Waals surface area contributed by atoms with Crippen LogP contribution in [0.15, 0.2) is 82.0 Å². The van der Waals surface area contributed by atoms with E-state index in [1.54, 1.807) is 0 Å². The van der Waals surface area contributed by atoms with E-state index in [0.717, 1.165) is 24.3 Å². The number of carbonyl (C=O) groups excluding carboxylic acids is 2. The summed E-state index contributed by atoms with van der Waals surface area (Å²) < 4.78 is 65.0. The normalized spacial score (nSPS) is 20.6. The Balaban J connectivity index is 1.49. The molecule has 2 heterocycles. The SMILES string of the molecule is Cc1cc(=O)c2c(O)c(OS(=O)(=O)O)c(OC3OC(CO)C(OC(=O)C=Cc4ccc(O)cc4)C(OC(=O)C=Cc4ccc(O)cc4)C3O)cc2o1. The monoisotopic (exact) mass is 742 g/mol. The number of aromatic hydroxyl groups is 3. The third kappa shape index (κ3) is 9.05. The van der Waals surface area contributed by atoms with E-state index >= 15 is 0 Å². The first-order chi connectivity index (χ1) is 24.6. The highest BCUT2D eigenvalue weighted by Gasteiger charge is 2.51. The average Bonchev–Trinajstić information content (AvgIpc) is 3.07. The zero-order chi connectivity index (χ0) is 37.7. The minimum atomic E-state index is -5.37. The molecule has 0 saturated carbocycles. The van der Waals surface area contributed by atoms with Crippen molar-refractivity contribution in [3.05, 3.63) is 99.9 Å². The molecule has 52 heavy (non-hydrogen) atoms. The van der Waals surface area contributed by atoms with Crippen molar-refractivity contribution in [2.75, 3.05) is 6.61 Å². The third-order valence-corrected chi connectivity index (χ3v) is 7.75. The lowest BCUT2D eigenvalue weighted by molar-refractivity contribution is -0.283. The third-order valence-electron chi connectivity index (χ3n) is 7.38. The summed E-state index contributed by atoms with van der Waals surface area (Å²) >= 11 is 0. The molecule has 1 fully saturated rings. The Labute approximate surface area is 293 Å². The summed E-state index contributed by atoms with van der Waals surface area (Å²) in [6.07, 6.45) is -4.73. The van der Waals surface area contributed by atoms with Gasteiger partial charge in [0.15, 0.2) is 35.2 Å². The van der Waals surface area contributed by atoms with Crippen LogP contribution in [0, 0.1) is 6.92 Å². The average molecular weight is 743 g/mol. The fraction of sp³-hybridized carbons (Fsp3) is 0.206. The molecule has 18 heteroatoms. The van der Waals surface area contributed by atoms with Crippen LogP contribution in [0.25, 0.3) is 23.1 Å². The summed E-state index contributed by atoms with van der Waals surface area (Å²) in [5.41, 5.74) is -0.229.